The van der Waals surface area contributed by atoms with E-state index in [0.717, 1.165) is 15.7 Å². The second-order valence-electron chi connectivity index (χ2n) is 6.23. The number of aryl methyl sites for hydroxylation is 2. The van der Waals surface area contributed by atoms with Crippen LogP contribution in [-0.2, 0) is 20.6 Å². The molecule has 9 nitrogen and oxygen atoms in total. The number of fused-ring (bicyclic) bond motifs is 1. The van der Waals surface area contributed by atoms with Gasteiger partial charge in [0.15, 0.2) is 11.2 Å². The van der Waals surface area contributed by atoms with Gasteiger partial charge in [-0.15, -0.1) is 0 Å². The molecule has 3 aromatic heterocycles. The fourth-order valence-electron chi connectivity index (χ4n) is 2.92. The van der Waals surface area contributed by atoms with E-state index in [4.69, 9.17) is 16.1 Å². The highest BCUT2D eigenvalue weighted by atomic mass is 35.5. The molecular weight excluding hydrogens is 372 g/mol. The lowest BCUT2D eigenvalue weighted by molar-refractivity contribution is 0.372. The van der Waals surface area contributed by atoms with Crippen molar-refractivity contribution in [2.24, 2.45) is 14.1 Å². The zero-order valence-electron chi connectivity index (χ0n) is 14.8. The van der Waals surface area contributed by atoms with Crippen molar-refractivity contribution in [2.45, 2.75) is 13.5 Å². The Labute approximate surface area is 157 Å². The number of halogens is 1. The Hall–Kier alpha value is -3.20. The monoisotopic (exact) mass is 386 g/mol. The maximum atomic E-state index is 12.6. The van der Waals surface area contributed by atoms with Crippen molar-refractivity contribution in [3.05, 3.63) is 61.8 Å². The van der Waals surface area contributed by atoms with Crippen molar-refractivity contribution in [2.75, 3.05) is 0 Å². The molecule has 0 aliphatic rings. The van der Waals surface area contributed by atoms with E-state index < -0.39 is 11.2 Å². The van der Waals surface area contributed by atoms with Gasteiger partial charge in [0.2, 0.25) is 17.0 Å². The van der Waals surface area contributed by atoms with Crippen molar-refractivity contribution in [3.8, 4) is 11.4 Å². The maximum Gasteiger partial charge on any atom is 0.332 e. The smallest absolute Gasteiger partial charge is 0.332 e. The summed E-state index contributed by atoms with van der Waals surface area (Å²) in [6.07, 6.45) is 0. The maximum absolute atomic E-state index is 12.6. The first-order chi connectivity index (χ1) is 12.9. The minimum absolute atomic E-state index is 0.0543. The molecule has 4 aromatic rings. The molecule has 0 bridgehead atoms. The minimum Gasteiger partial charge on any atom is -0.337 e. The first-order valence-electron chi connectivity index (χ1n) is 8.08. The highest BCUT2D eigenvalue weighted by molar-refractivity contribution is 6.29. The summed E-state index contributed by atoms with van der Waals surface area (Å²) in [4.78, 5) is 33.1. The zero-order chi connectivity index (χ0) is 19.3. The van der Waals surface area contributed by atoms with E-state index in [2.05, 4.69) is 15.1 Å². The van der Waals surface area contributed by atoms with Gasteiger partial charge in [0.25, 0.3) is 5.56 Å². The van der Waals surface area contributed by atoms with Crippen LogP contribution in [0.4, 0.5) is 0 Å². The van der Waals surface area contributed by atoms with Crippen LogP contribution in [0.1, 0.15) is 11.5 Å². The average molecular weight is 387 g/mol. The molecular formula is C17H15ClN6O3. The second kappa shape index (κ2) is 6.20. The third kappa shape index (κ3) is 2.76. The molecule has 3 heterocycles. The predicted molar refractivity (Wildman–Crippen MR) is 98.8 cm³/mol. The molecule has 0 saturated heterocycles. The Morgan fingerprint density at radius 2 is 1.93 bits per heavy atom. The molecule has 0 aliphatic carbocycles. The highest BCUT2D eigenvalue weighted by Gasteiger charge is 2.20. The van der Waals surface area contributed by atoms with E-state index in [1.807, 2.05) is 31.2 Å². The van der Waals surface area contributed by atoms with Gasteiger partial charge in [0.05, 0.1) is 0 Å². The molecule has 138 valence electrons. The van der Waals surface area contributed by atoms with E-state index in [1.165, 1.54) is 23.2 Å². The Morgan fingerprint density at radius 1 is 1.15 bits per heavy atom. The molecule has 1 aromatic carbocycles. The van der Waals surface area contributed by atoms with Gasteiger partial charge in [-0.2, -0.15) is 9.97 Å². The molecule has 0 fully saturated rings. The second-order valence-corrected chi connectivity index (χ2v) is 6.56. The summed E-state index contributed by atoms with van der Waals surface area (Å²) in [6, 6.07) is 7.71. The van der Waals surface area contributed by atoms with Gasteiger partial charge >= 0.3 is 5.69 Å². The Bertz CT molecular complexity index is 1300. The molecule has 0 saturated carbocycles. The standard InChI is InChI=1S/C17H15ClN6O3/c1-9-5-4-6-10(7-9)13-19-11(27-21-13)8-24-12-14(20-16(24)18)22(2)17(26)23(3)15(12)25/h4-7H,8H2,1-3H3. The summed E-state index contributed by atoms with van der Waals surface area (Å²) in [6.45, 7) is 2.03. The number of aromatic nitrogens is 6. The van der Waals surface area contributed by atoms with Gasteiger partial charge in [-0.25, -0.2) is 4.79 Å². The van der Waals surface area contributed by atoms with E-state index in [9.17, 15) is 9.59 Å². The molecule has 0 aliphatic heterocycles. The number of rotatable bonds is 3. The van der Waals surface area contributed by atoms with Gasteiger partial charge in [-0.3, -0.25) is 18.5 Å². The molecule has 10 heteroatoms. The molecule has 0 unspecified atom stereocenters. The first-order valence-corrected chi connectivity index (χ1v) is 8.46. The number of benzene rings is 1. The van der Waals surface area contributed by atoms with Gasteiger partial charge < -0.3 is 4.52 Å². The van der Waals surface area contributed by atoms with Crippen LogP contribution >= 0.6 is 11.6 Å². The number of hydrogen-bond acceptors (Lipinski definition) is 6. The van der Waals surface area contributed by atoms with Gasteiger partial charge in [0.1, 0.15) is 6.54 Å². The van der Waals surface area contributed by atoms with Crippen molar-refractivity contribution in [3.63, 3.8) is 0 Å². The quantitative estimate of drug-likeness (QED) is 0.494. The Morgan fingerprint density at radius 3 is 2.67 bits per heavy atom. The van der Waals surface area contributed by atoms with E-state index in [1.54, 1.807) is 0 Å². The van der Waals surface area contributed by atoms with E-state index in [-0.39, 0.29) is 28.9 Å². The zero-order valence-corrected chi connectivity index (χ0v) is 15.6. The number of nitrogens with zero attached hydrogens (tertiary/aromatic N) is 6. The van der Waals surface area contributed by atoms with Gasteiger partial charge in [-0.05, 0) is 24.6 Å². The van der Waals surface area contributed by atoms with Gasteiger partial charge in [0, 0.05) is 19.7 Å². The lowest BCUT2D eigenvalue weighted by Gasteiger charge is -2.05. The highest BCUT2D eigenvalue weighted by Crippen LogP contribution is 2.20. The summed E-state index contributed by atoms with van der Waals surface area (Å²) < 4.78 is 9.04. The van der Waals surface area contributed by atoms with Crippen molar-refractivity contribution >= 4 is 22.8 Å². The molecule has 27 heavy (non-hydrogen) atoms. The lowest BCUT2D eigenvalue weighted by atomic mass is 10.1. The summed E-state index contributed by atoms with van der Waals surface area (Å²) >= 11 is 6.21. The largest absolute Gasteiger partial charge is 0.337 e. The number of hydrogen-bond donors (Lipinski definition) is 0. The third-order valence-corrected chi connectivity index (χ3v) is 4.63. The van der Waals surface area contributed by atoms with Crippen LogP contribution in [-0.4, -0.2) is 28.8 Å². The topological polar surface area (TPSA) is 101 Å². The SMILES string of the molecule is Cc1cccc(-c2noc(Cn3c(Cl)nc4c3c(=O)n(C)c(=O)n4C)n2)c1. The van der Waals surface area contributed by atoms with Crippen molar-refractivity contribution in [1.29, 1.82) is 0 Å². The van der Waals surface area contributed by atoms with Crippen LogP contribution in [0.5, 0.6) is 0 Å². The molecule has 0 radical (unpaired) electrons. The minimum atomic E-state index is -0.495. The van der Waals surface area contributed by atoms with Crippen molar-refractivity contribution in [1.82, 2.24) is 28.8 Å². The van der Waals surface area contributed by atoms with Crippen LogP contribution in [0, 0.1) is 6.92 Å². The van der Waals surface area contributed by atoms with E-state index in [0.29, 0.717) is 5.82 Å². The average Bonchev–Trinajstić information content (AvgIpc) is 3.24. The summed E-state index contributed by atoms with van der Waals surface area (Å²) in [5.41, 5.74) is 1.32. The number of imidazole rings is 1. The van der Waals surface area contributed by atoms with Gasteiger partial charge in [-0.1, -0.05) is 28.9 Å². The third-order valence-electron chi connectivity index (χ3n) is 4.34. The fraction of sp³-hybridized carbons (Fsp3) is 0.235. The summed E-state index contributed by atoms with van der Waals surface area (Å²) in [5, 5.41) is 4.04. The summed E-state index contributed by atoms with van der Waals surface area (Å²) in [5.74, 6) is 0.707. The molecule has 0 amide bonds. The molecule has 0 spiro atoms. The predicted octanol–water partition coefficient (Wildman–Crippen LogP) is 1.49. The molecule has 0 atom stereocenters. The lowest BCUT2D eigenvalue weighted by Crippen LogP contribution is -2.37. The summed E-state index contributed by atoms with van der Waals surface area (Å²) in [7, 11) is 2.93. The van der Waals surface area contributed by atoms with Crippen LogP contribution in [0.15, 0.2) is 38.4 Å². The fourth-order valence-corrected chi connectivity index (χ4v) is 3.14. The van der Waals surface area contributed by atoms with Crippen LogP contribution in [0.3, 0.4) is 0 Å². The Kier molecular flexibility index (Phi) is 3.96. The first kappa shape index (κ1) is 17.2. The normalized spacial score (nSPS) is 11.4. The van der Waals surface area contributed by atoms with Crippen molar-refractivity contribution < 1.29 is 4.52 Å². The van der Waals surface area contributed by atoms with E-state index >= 15 is 0 Å². The van der Waals surface area contributed by atoms with Crippen LogP contribution in [0.25, 0.3) is 22.6 Å². The van der Waals surface area contributed by atoms with Crippen LogP contribution in [0.2, 0.25) is 5.28 Å². The molecule has 4 rings (SSSR count). The molecule has 0 N–H and O–H groups in total. The van der Waals surface area contributed by atoms with Crippen LogP contribution < -0.4 is 11.2 Å². The Balaban J connectivity index is 1.80.